The van der Waals surface area contributed by atoms with Crippen molar-refractivity contribution in [3.05, 3.63) is 56.0 Å². The minimum absolute atomic E-state index is 0.0999. The fourth-order valence-electron chi connectivity index (χ4n) is 3.74. The second-order valence-electron chi connectivity index (χ2n) is 8.36. The van der Waals surface area contributed by atoms with Gasteiger partial charge in [-0.25, -0.2) is 9.55 Å². The third-order valence-electron chi connectivity index (χ3n) is 5.55. The Bertz CT molecular complexity index is 1670. The first-order chi connectivity index (χ1) is 20.5. The highest BCUT2D eigenvalue weighted by molar-refractivity contribution is 8.07. The molecule has 1 saturated heterocycles. The van der Waals surface area contributed by atoms with E-state index in [1.54, 1.807) is 6.92 Å². The van der Waals surface area contributed by atoms with Crippen molar-refractivity contribution < 1.29 is 38.4 Å². The molecule has 1 fully saturated rings. The molecule has 3 atom stereocenters. The number of pyridine rings is 1. The number of carboxylic acid groups (broad SMARTS) is 1. The lowest BCUT2D eigenvalue weighted by atomic mass is 10.0. The Hall–Kier alpha value is -3.52. The lowest BCUT2D eigenvalue weighted by molar-refractivity contribution is -0.671. The van der Waals surface area contributed by atoms with Crippen molar-refractivity contribution in [2.45, 2.75) is 22.7 Å². The maximum absolute atomic E-state index is 13.0. The van der Waals surface area contributed by atoms with Crippen LogP contribution in [0, 0.1) is 0 Å². The number of aromatic amines is 1. The van der Waals surface area contributed by atoms with Crippen molar-refractivity contribution in [3.63, 3.8) is 0 Å². The number of hydrogen-bond acceptors (Lipinski definition) is 15. The maximum Gasteiger partial charge on any atom is 0.405 e. The standard InChI is InChI=1S/C22H19N7O6S4.H2NO2P/c1-3-35-26-13(16-25-21(34)39-27-16)17(30)24-14-18(31)29-15(20(32)33)12(9-36-19(14)29)38-22-23-11(8-37-22)10-4-6-28(2)7-5-10;1-4(2)3/h4-8,14,19H,3,9H2,1-2H3,(H2-,24,25,27,30,32,33,34);(H2,1,2,3)/b26-13-;/t14?,19-;/m1./s1. The number of aromatic nitrogens is 4. The topological polar surface area (TPSA) is 240 Å². The van der Waals surface area contributed by atoms with Gasteiger partial charge in [-0.15, -0.1) is 28.6 Å². The molecule has 21 heteroatoms. The summed E-state index contributed by atoms with van der Waals surface area (Å²) < 4.78 is 15.2. The van der Waals surface area contributed by atoms with Gasteiger partial charge in [-0.2, -0.15) is 4.37 Å². The minimum Gasteiger partial charge on any atom is -0.578 e. The number of carboxylic acids is 1. The van der Waals surface area contributed by atoms with E-state index in [-0.39, 0.29) is 29.6 Å². The lowest BCUT2D eigenvalue weighted by Crippen LogP contribution is -2.71. The summed E-state index contributed by atoms with van der Waals surface area (Å²) >= 11 is 4.45. The first-order valence-corrected chi connectivity index (χ1v) is 16.7. The Balaban J connectivity index is 0.000000996. The number of thiazole rings is 1. The Kier molecular flexibility index (Phi) is 10.8. The van der Waals surface area contributed by atoms with Crippen LogP contribution < -0.4 is 30.3 Å². The highest BCUT2D eigenvalue weighted by atomic mass is 32.2. The van der Waals surface area contributed by atoms with E-state index in [1.807, 2.05) is 41.5 Å². The van der Waals surface area contributed by atoms with Crippen molar-refractivity contribution in [1.29, 1.82) is 0 Å². The zero-order valence-corrected chi connectivity index (χ0v) is 26.3. The number of amides is 2. The highest BCUT2D eigenvalue weighted by Crippen LogP contribution is 2.45. The number of oxime groups is 1. The average molecular weight is 685 g/mol. The quantitative estimate of drug-likeness (QED) is 0.0777. The van der Waals surface area contributed by atoms with Gasteiger partial charge in [0.2, 0.25) is 5.71 Å². The Morgan fingerprint density at radius 1 is 1.37 bits per heavy atom. The van der Waals surface area contributed by atoms with Crippen LogP contribution in [0.2, 0.25) is 0 Å². The van der Waals surface area contributed by atoms with Crippen LogP contribution in [0.15, 0.2) is 54.8 Å². The summed E-state index contributed by atoms with van der Waals surface area (Å²) in [5, 5.41) is 19.6. The molecule has 2 aliphatic rings. The summed E-state index contributed by atoms with van der Waals surface area (Å²) in [6.07, 6.45) is 3.81. The van der Waals surface area contributed by atoms with Gasteiger partial charge in [0.15, 0.2) is 22.6 Å². The van der Waals surface area contributed by atoms with Crippen LogP contribution in [0.5, 0.6) is 0 Å². The fourth-order valence-corrected chi connectivity index (χ4v) is 7.64. The van der Waals surface area contributed by atoms with E-state index in [2.05, 4.69) is 30.3 Å². The van der Waals surface area contributed by atoms with Crippen LogP contribution in [0.1, 0.15) is 12.7 Å². The number of fused-ring (bicyclic) bond motifs is 1. The van der Waals surface area contributed by atoms with E-state index in [0.717, 1.165) is 16.2 Å². The Morgan fingerprint density at radius 3 is 2.67 bits per heavy atom. The summed E-state index contributed by atoms with van der Waals surface area (Å²) in [5.74, 6) is -2.74. The SMILES string of the molecule is CCO/N=C(\C(=O)NC1C(=O)N2C(C(=O)[O-])=C(Sc3nc(-c4cc[n+](C)cc4)cs3)CS[C@H]12)c1nsc(=O)[nH]1.N[P+](=O)[O-]. The number of aryl methyl sites for hydroxylation is 1. The van der Waals surface area contributed by atoms with Gasteiger partial charge in [0, 0.05) is 45.3 Å². The second-order valence-corrected chi connectivity index (χ2v) is 13.0. The molecule has 2 amide bonds. The zero-order valence-electron chi connectivity index (χ0n) is 22.1. The number of carbonyl (C=O) groups excluding carboxylic acids is 3. The molecule has 43 heavy (non-hydrogen) atoms. The van der Waals surface area contributed by atoms with E-state index in [1.165, 1.54) is 34.9 Å². The van der Waals surface area contributed by atoms with E-state index in [4.69, 9.17) is 14.3 Å². The van der Waals surface area contributed by atoms with Crippen molar-refractivity contribution in [1.82, 2.24) is 24.6 Å². The molecule has 0 saturated carbocycles. The molecular weight excluding hydrogens is 664 g/mol. The molecule has 2 aliphatic heterocycles. The predicted octanol–water partition coefficient (Wildman–Crippen LogP) is -1.36. The van der Waals surface area contributed by atoms with Gasteiger partial charge < -0.3 is 24.9 Å². The number of carbonyl (C=O) groups is 3. The molecule has 5 rings (SSSR count). The number of aliphatic carboxylic acids is 1. The van der Waals surface area contributed by atoms with E-state index in [9.17, 15) is 24.3 Å². The van der Waals surface area contributed by atoms with E-state index < -0.39 is 42.3 Å². The van der Waals surface area contributed by atoms with Crippen molar-refractivity contribution >= 4 is 78.1 Å². The third-order valence-corrected chi connectivity index (χ3v) is 9.57. The van der Waals surface area contributed by atoms with Crippen molar-refractivity contribution in [2.75, 3.05) is 12.4 Å². The van der Waals surface area contributed by atoms with Crippen molar-refractivity contribution in [3.8, 4) is 11.3 Å². The van der Waals surface area contributed by atoms with Crippen LogP contribution in [0.3, 0.4) is 0 Å². The number of nitrogens with two attached hydrogens (primary N) is 1. The summed E-state index contributed by atoms with van der Waals surface area (Å²) in [4.78, 5) is 71.4. The molecule has 0 radical (unpaired) electrons. The molecule has 16 nitrogen and oxygen atoms in total. The highest BCUT2D eigenvalue weighted by Gasteiger charge is 2.53. The summed E-state index contributed by atoms with van der Waals surface area (Å²) in [6.45, 7) is 1.82. The largest absolute Gasteiger partial charge is 0.578 e. The molecule has 0 bridgehead atoms. The Morgan fingerprint density at radius 2 is 2.07 bits per heavy atom. The van der Waals surface area contributed by atoms with Gasteiger partial charge in [0.25, 0.3) is 11.8 Å². The predicted molar refractivity (Wildman–Crippen MR) is 154 cm³/mol. The third kappa shape index (κ3) is 7.71. The first-order valence-electron chi connectivity index (χ1n) is 11.9. The lowest BCUT2D eigenvalue weighted by Gasteiger charge is -2.50. The Labute approximate surface area is 260 Å². The zero-order chi connectivity index (χ0) is 31.3. The van der Waals surface area contributed by atoms with Crippen LogP contribution in [-0.2, 0) is 30.8 Å². The van der Waals surface area contributed by atoms with Crippen molar-refractivity contribution in [2.24, 2.45) is 17.7 Å². The molecule has 3 aromatic rings. The second kappa shape index (κ2) is 14.3. The smallest absolute Gasteiger partial charge is 0.405 e. The number of thioether (sulfide) groups is 2. The summed E-state index contributed by atoms with van der Waals surface area (Å²) in [6, 6.07) is 2.84. The number of rotatable bonds is 9. The number of nitrogens with one attached hydrogen (secondary N) is 2. The van der Waals surface area contributed by atoms with Gasteiger partial charge in [0.05, 0.1) is 17.4 Å². The maximum atomic E-state index is 13.0. The molecule has 4 N–H and O–H groups in total. The van der Waals surface area contributed by atoms with E-state index >= 15 is 0 Å². The van der Waals surface area contributed by atoms with Gasteiger partial charge in [-0.3, -0.25) is 24.3 Å². The monoisotopic (exact) mass is 684 g/mol. The average Bonchev–Trinajstić information content (AvgIpc) is 3.60. The molecular formula is C22H21N8O8PS4. The molecule has 2 unspecified atom stereocenters. The molecule has 0 spiro atoms. The van der Waals surface area contributed by atoms with Crippen LogP contribution in [0.25, 0.3) is 11.3 Å². The normalized spacial score (nSPS) is 18.2. The number of nitrogens with zero attached hydrogens (tertiary/aromatic N) is 5. The van der Waals surface area contributed by atoms with Crippen LogP contribution in [-0.4, -0.2) is 66.5 Å². The molecule has 5 heterocycles. The minimum atomic E-state index is -2.62. The summed E-state index contributed by atoms with van der Waals surface area (Å²) in [7, 11) is -0.706. The van der Waals surface area contributed by atoms with Gasteiger partial charge in [-0.05, 0) is 6.92 Å². The van der Waals surface area contributed by atoms with Gasteiger partial charge >= 0.3 is 13.1 Å². The summed E-state index contributed by atoms with van der Waals surface area (Å²) in [5.41, 5.74) is 5.20. The fraction of sp³-hybridized carbons (Fsp3) is 0.273. The number of β-lactam (4-membered cyclic amide) rings is 1. The first kappa shape index (κ1) is 32.4. The molecule has 3 aromatic heterocycles. The molecule has 0 aliphatic carbocycles. The number of H-pyrrole nitrogens is 1. The number of hydrogen-bond donors (Lipinski definition) is 3. The molecule has 226 valence electrons. The van der Waals surface area contributed by atoms with Gasteiger partial charge in [0.1, 0.15) is 25.1 Å². The van der Waals surface area contributed by atoms with Crippen LogP contribution >= 0.6 is 54.6 Å². The van der Waals surface area contributed by atoms with Gasteiger partial charge in [-0.1, -0.05) is 21.5 Å². The molecule has 0 aromatic carbocycles. The van der Waals surface area contributed by atoms with Crippen LogP contribution in [0.4, 0.5) is 0 Å². The van der Waals surface area contributed by atoms with E-state index in [0.29, 0.717) is 20.8 Å².